The molecule has 0 aromatic heterocycles. The van der Waals surface area contributed by atoms with Crippen LogP contribution in [0.25, 0.3) is 0 Å². The van der Waals surface area contributed by atoms with Crippen molar-refractivity contribution in [3.05, 3.63) is 12.2 Å². The highest BCUT2D eigenvalue weighted by Gasteiger charge is 2.08. The molecule has 0 radical (unpaired) electrons. The molecule has 0 aliphatic heterocycles. The third kappa shape index (κ3) is 4.59. The summed E-state index contributed by atoms with van der Waals surface area (Å²) in [6.45, 7) is 9.95. The van der Waals surface area contributed by atoms with Crippen molar-refractivity contribution in [2.75, 3.05) is 6.61 Å². The zero-order valence-corrected chi connectivity index (χ0v) is 7.52. The number of rotatable bonds is 4. The maximum Gasteiger partial charge on any atom is 0.333 e. The molecule has 0 fully saturated rings. The van der Waals surface area contributed by atoms with Gasteiger partial charge in [-0.05, 0) is 19.3 Å². The second kappa shape index (κ2) is 4.94. The van der Waals surface area contributed by atoms with Gasteiger partial charge < -0.3 is 4.74 Å². The van der Waals surface area contributed by atoms with Gasteiger partial charge in [0.25, 0.3) is 0 Å². The molecule has 0 atom stereocenters. The Kier molecular flexibility index (Phi) is 4.59. The smallest absolute Gasteiger partial charge is 0.333 e. The van der Waals surface area contributed by atoms with Gasteiger partial charge in [0, 0.05) is 5.57 Å². The van der Waals surface area contributed by atoms with E-state index in [4.69, 9.17) is 4.74 Å². The van der Waals surface area contributed by atoms with Crippen LogP contribution < -0.4 is 0 Å². The molecule has 0 amide bonds. The zero-order valence-electron chi connectivity index (χ0n) is 7.52. The molecule has 0 spiro atoms. The first kappa shape index (κ1) is 10.2. The van der Waals surface area contributed by atoms with Gasteiger partial charge in [0.1, 0.15) is 0 Å². The van der Waals surface area contributed by atoms with Crippen molar-refractivity contribution in [2.45, 2.75) is 27.2 Å². The lowest BCUT2D eigenvalue weighted by molar-refractivity contribution is -0.138. The van der Waals surface area contributed by atoms with Crippen molar-refractivity contribution in [1.82, 2.24) is 0 Å². The molecule has 0 heterocycles. The second-order valence-corrected chi connectivity index (χ2v) is 2.92. The van der Waals surface area contributed by atoms with Crippen LogP contribution in [0.1, 0.15) is 27.2 Å². The molecule has 2 heteroatoms. The lowest BCUT2D eigenvalue weighted by Gasteiger charge is -2.06. The fourth-order valence-corrected chi connectivity index (χ4v) is 0.809. The van der Waals surface area contributed by atoms with Crippen molar-refractivity contribution in [3.8, 4) is 0 Å². The highest BCUT2D eigenvalue weighted by molar-refractivity contribution is 5.87. The average molecular weight is 156 g/mol. The van der Waals surface area contributed by atoms with Gasteiger partial charge >= 0.3 is 5.97 Å². The molecule has 0 unspecified atom stereocenters. The van der Waals surface area contributed by atoms with E-state index >= 15 is 0 Å². The van der Waals surface area contributed by atoms with Gasteiger partial charge in [-0.2, -0.15) is 0 Å². The topological polar surface area (TPSA) is 26.3 Å². The Morgan fingerprint density at radius 2 is 2.09 bits per heavy atom. The van der Waals surface area contributed by atoms with E-state index < -0.39 is 0 Å². The molecule has 11 heavy (non-hydrogen) atoms. The van der Waals surface area contributed by atoms with Crippen LogP contribution in [-0.4, -0.2) is 12.6 Å². The summed E-state index contributed by atoms with van der Waals surface area (Å²) >= 11 is 0. The Hall–Kier alpha value is -0.790. The number of hydrogen-bond acceptors (Lipinski definition) is 2. The Morgan fingerprint density at radius 3 is 2.45 bits per heavy atom. The average Bonchev–Trinajstić information content (AvgIpc) is 1.86. The number of carbonyl (C=O) groups is 1. The van der Waals surface area contributed by atoms with Crippen molar-refractivity contribution in [3.63, 3.8) is 0 Å². The van der Waals surface area contributed by atoms with Crippen LogP contribution in [0.15, 0.2) is 12.2 Å². The highest BCUT2D eigenvalue weighted by Crippen LogP contribution is 2.09. The van der Waals surface area contributed by atoms with E-state index in [0.29, 0.717) is 18.1 Å². The maximum absolute atomic E-state index is 11.0. The summed E-state index contributed by atoms with van der Waals surface area (Å²) < 4.78 is 4.77. The molecule has 0 aromatic rings. The quantitative estimate of drug-likeness (QED) is 0.460. The molecule has 0 saturated carbocycles. The Bertz CT molecular complexity index is 148. The molecule has 0 aliphatic carbocycles. The van der Waals surface area contributed by atoms with Gasteiger partial charge in [-0.1, -0.05) is 20.4 Å². The molecular weight excluding hydrogens is 140 g/mol. The minimum atomic E-state index is -0.263. The molecule has 0 aromatic carbocycles. The monoisotopic (exact) mass is 156 g/mol. The first-order valence-electron chi connectivity index (χ1n) is 3.92. The van der Waals surface area contributed by atoms with Crippen LogP contribution in [0.4, 0.5) is 0 Å². The fourth-order valence-electron chi connectivity index (χ4n) is 0.809. The van der Waals surface area contributed by atoms with Gasteiger partial charge in [0.05, 0.1) is 6.61 Å². The predicted molar refractivity (Wildman–Crippen MR) is 45.2 cm³/mol. The van der Waals surface area contributed by atoms with E-state index in [1.807, 2.05) is 13.8 Å². The van der Waals surface area contributed by atoms with Crippen LogP contribution in [0, 0.1) is 5.92 Å². The normalized spacial score (nSPS) is 9.82. The van der Waals surface area contributed by atoms with Crippen molar-refractivity contribution in [1.29, 1.82) is 0 Å². The summed E-state index contributed by atoms with van der Waals surface area (Å²) in [5.74, 6) is 0.202. The van der Waals surface area contributed by atoms with E-state index in [0.717, 1.165) is 6.42 Å². The minimum Gasteiger partial charge on any atom is -0.463 e. The largest absolute Gasteiger partial charge is 0.463 e. The van der Waals surface area contributed by atoms with Gasteiger partial charge in [-0.15, -0.1) is 0 Å². The van der Waals surface area contributed by atoms with Crippen molar-refractivity contribution in [2.24, 2.45) is 5.92 Å². The van der Waals surface area contributed by atoms with E-state index in [2.05, 4.69) is 6.58 Å². The molecule has 0 rings (SSSR count). The Morgan fingerprint density at radius 1 is 1.55 bits per heavy atom. The van der Waals surface area contributed by atoms with Gasteiger partial charge in [-0.3, -0.25) is 0 Å². The fraction of sp³-hybridized carbons (Fsp3) is 0.667. The SMILES string of the molecule is C=C(CC(C)C)C(=O)OCC. The maximum atomic E-state index is 11.0. The molecule has 64 valence electrons. The van der Waals surface area contributed by atoms with E-state index in [-0.39, 0.29) is 5.97 Å². The Labute approximate surface area is 68.2 Å². The van der Waals surface area contributed by atoms with E-state index in [1.54, 1.807) is 6.92 Å². The molecule has 0 aliphatic rings. The summed E-state index contributed by atoms with van der Waals surface area (Å²) in [4.78, 5) is 11.0. The third-order valence-corrected chi connectivity index (χ3v) is 1.22. The van der Waals surface area contributed by atoms with Crippen LogP contribution in [0.5, 0.6) is 0 Å². The standard InChI is InChI=1S/C9H16O2/c1-5-11-9(10)8(4)6-7(2)3/h7H,4-6H2,1-3H3. The van der Waals surface area contributed by atoms with Crippen LogP contribution in [-0.2, 0) is 9.53 Å². The van der Waals surface area contributed by atoms with Crippen molar-refractivity contribution < 1.29 is 9.53 Å². The van der Waals surface area contributed by atoms with Crippen LogP contribution >= 0.6 is 0 Å². The van der Waals surface area contributed by atoms with Gasteiger partial charge in [0.15, 0.2) is 0 Å². The molecule has 0 N–H and O–H groups in total. The highest BCUT2D eigenvalue weighted by atomic mass is 16.5. The van der Waals surface area contributed by atoms with E-state index in [1.165, 1.54) is 0 Å². The number of carbonyl (C=O) groups excluding carboxylic acids is 1. The first-order chi connectivity index (χ1) is 5.07. The summed E-state index contributed by atoms with van der Waals surface area (Å²) in [6.07, 6.45) is 0.721. The zero-order chi connectivity index (χ0) is 8.85. The summed E-state index contributed by atoms with van der Waals surface area (Å²) in [7, 11) is 0. The third-order valence-electron chi connectivity index (χ3n) is 1.22. The summed E-state index contributed by atoms with van der Waals surface area (Å²) in [6, 6.07) is 0. The lowest BCUT2D eigenvalue weighted by Crippen LogP contribution is -2.08. The minimum absolute atomic E-state index is 0.263. The van der Waals surface area contributed by atoms with Crippen LogP contribution in [0.2, 0.25) is 0 Å². The summed E-state index contributed by atoms with van der Waals surface area (Å²) in [5.41, 5.74) is 0.571. The number of esters is 1. The van der Waals surface area contributed by atoms with Gasteiger partial charge in [0.2, 0.25) is 0 Å². The van der Waals surface area contributed by atoms with Crippen molar-refractivity contribution >= 4 is 5.97 Å². The second-order valence-electron chi connectivity index (χ2n) is 2.92. The molecule has 0 bridgehead atoms. The lowest BCUT2D eigenvalue weighted by atomic mass is 10.1. The molecule has 0 saturated heterocycles. The van der Waals surface area contributed by atoms with Gasteiger partial charge in [-0.25, -0.2) is 4.79 Å². The summed E-state index contributed by atoms with van der Waals surface area (Å²) in [5, 5.41) is 0. The van der Waals surface area contributed by atoms with Crippen LogP contribution in [0.3, 0.4) is 0 Å². The van der Waals surface area contributed by atoms with E-state index in [9.17, 15) is 4.79 Å². The number of hydrogen-bond donors (Lipinski definition) is 0. The number of ether oxygens (including phenoxy) is 1. The predicted octanol–water partition coefficient (Wildman–Crippen LogP) is 2.15. The molecule has 2 nitrogen and oxygen atoms in total. The molecular formula is C9H16O2. The Balaban J connectivity index is 3.74. The first-order valence-corrected chi connectivity index (χ1v) is 3.92.